The van der Waals surface area contributed by atoms with Crippen LogP contribution in [0.4, 0.5) is 13.6 Å². The zero-order chi connectivity index (χ0) is 20.3. The van der Waals surface area contributed by atoms with Crippen LogP contribution in [-0.4, -0.2) is 53.6 Å². The number of alkyl halides is 2. The van der Waals surface area contributed by atoms with Gasteiger partial charge in [0.2, 0.25) is 0 Å². The highest BCUT2D eigenvalue weighted by atomic mass is 19.3. The number of piperidine rings is 1. The third-order valence-electron chi connectivity index (χ3n) is 5.63. The molecule has 28 heavy (non-hydrogen) atoms. The number of urea groups is 1. The van der Waals surface area contributed by atoms with Crippen LogP contribution in [-0.2, 0) is 11.2 Å². The largest absolute Gasteiger partial charge is 0.435 e. The molecule has 0 saturated carbocycles. The van der Waals surface area contributed by atoms with Crippen molar-refractivity contribution in [3.63, 3.8) is 0 Å². The molecule has 8 heteroatoms. The summed E-state index contributed by atoms with van der Waals surface area (Å²) in [6, 6.07) is 5.97. The van der Waals surface area contributed by atoms with Crippen molar-refractivity contribution in [3.05, 3.63) is 29.8 Å². The minimum absolute atomic E-state index is 0.0947. The molecule has 1 N–H and O–H groups in total. The fraction of sp³-hybridized carbons (Fsp3) is 0.600. The van der Waals surface area contributed by atoms with E-state index >= 15 is 0 Å². The second-order valence-corrected chi connectivity index (χ2v) is 7.96. The molecule has 0 bridgehead atoms. The third kappa shape index (κ3) is 4.79. The van der Waals surface area contributed by atoms with E-state index in [0.717, 1.165) is 31.5 Å². The predicted octanol–water partition coefficient (Wildman–Crippen LogP) is 3.22. The Morgan fingerprint density at radius 3 is 2.46 bits per heavy atom. The summed E-state index contributed by atoms with van der Waals surface area (Å²) in [7, 11) is 0. The summed E-state index contributed by atoms with van der Waals surface area (Å²) in [5, 5.41) is 2.82. The van der Waals surface area contributed by atoms with Crippen LogP contribution in [0.3, 0.4) is 0 Å². The van der Waals surface area contributed by atoms with Crippen LogP contribution in [0.25, 0.3) is 0 Å². The van der Waals surface area contributed by atoms with Crippen molar-refractivity contribution >= 4 is 11.9 Å². The monoisotopic (exact) mass is 395 g/mol. The number of ether oxygens (including phenoxy) is 1. The van der Waals surface area contributed by atoms with Crippen LogP contribution in [0, 0.1) is 5.92 Å². The van der Waals surface area contributed by atoms with Gasteiger partial charge in [-0.3, -0.25) is 9.69 Å². The SMILES string of the molecule is CC1CCN(CN2C(=O)NC(C)(CCc3ccc(OC(F)F)cc3)C2=O)CC1. The molecule has 2 heterocycles. The van der Waals surface area contributed by atoms with Crippen LogP contribution < -0.4 is 10.1 Å². The van der Waals surface area contributed by atoms with Gasteiger partial charge in [-0.25, -0.2) is 9.69 Å². The molecular formula is C20H27F2N3O3. The van der Waals surface area contributed by atoms with E-state index in [2.05, 4.69) is 21.9 Å². The van der Waals surface area contributed by atoms with E-state index in [9.17, 15) is 18.4 Å². The Balaban J connectivity index is 1.56. The summed E-state index contributed by atoms with van der Waals surface area (Å²) >= 11 is 0. The van der Waals surface area contributed by atoms with Crippen LogP contribution in [0.5, 0.6) is 5.75 Å². The molecule has 2 saturated heterocycles. The van der Waals surface area contributed by atoms with E-state index in [0.29, 0.717) is 25.4 Å². The molecule has 1 aromatic carbocycles. The lowest BCUT2D eigenvalue weighted by Crippen LogP contribution is -2.47. The van der Waals surface area contributed by atoms with Gasteiger partial charge in [0.15, 0.2) is 0 Å². The lowest BCUT2D eigenvalue weighted by molar-refractivity contribution is -0.132. The van der Waals surface area contributed by atoms with E-state index in [4.69, 9.17) is 0 Å². The standard InChI is InChI=1S/C20H27F2N3O3/c1-14-8-11-24(12-9-14)13-25-17(26)20(2,23-19(25)27)10-7-15-3-5-16(6-4-15)28-18(21)22/h3-6,14,18H,7-13H2,1-2H3,(H,23,27). The number of hydrogen-bond donors (Lipinski definition) is 1. The van der Waals surface area contributed by atoms with Crippen molar-refractivity contribution < 1.29 is 23.1 Å². The molecule has 1 unspecified atom stereocenters. The second kappa shape index (κ2) is 8.43. The lowest BCUT2D eigenvalue weighted by Gasteiger charge is -2.32. The maximum absolute atomic E-state index is 12.9. The number of aryl methyl sites for hydroxylation is 1. The molecule has 1 aromatic rings. The third-order valence-corrected chi connectivity index (χ3v) is 5.63. The van der Waals surface area contributed by atoms with Gasteiger partial charge in [0, 0.05) is 13.1 Å². The molecule has 2 fully saturated rings. The maximum Gasteiger partial charge on any atom is 0.387 e. The quantitative estimate of drug-likeness (QED) is 0.720. The molecule has 0 aromatic heterocycles. The molecule has 3 rings (SSSR count). The van der Waals surface area contributed by atoms with E-state index in [-0.39, 0.29) is 17.7 Å². The first-order chi connectivity index (χ1) is 13.3. The Labute approximate surface area is 163 Å². The summed E-state index contributed by atoms with van der Waals surface area (Å²) in [6.45, 7) is 3.20. The highest BCUT2D eigenvalue weighted by Crippen LogP contribution is 2.25. The van der Waals surface area contributed by atoms with Crippen molar-refractivity contribution in [2.45, 2.75) is 51.7 Å². The van der Waals surface area contributed by atoms with Gasteiger partial charge in [0.1, 0.15) is 11.3 Å². The van der Waals surface area contributed by atoms with Crippen LogP contribution in [0.15, 0.2) is 24.3 Å². The number of nitrogens with zero attached hydrogens (tertiary/aromatic N) is 2. The minimum atomic E-state index is -2.86. The van der Waals surface area contributed by atoms with Crippen molar-refractivity contribution in [2.24, 2.45) is 5.92 Å². The molecule has 0 aliphatic carbocycles. The number of imide groups is 1. The first-order valence-corrected chi connectivity index (χ1v) is 9.67. The first kappa shape index (κ1) is 20.5. The number of benzene rings is 1. The number of carbonyl (C=O) groups is 2. The van der Waals surface area contributed by atoms with Crippen molar-refractivity contribution in [3.8, 4) is 5.75 Å². The number of amides is 3. The summed E-state index contributed by atoms with van der Waals surface area (Å²) in [4.78, 5) is 28.7. The minimum Gasteiger partial charge on any atom is -0.435 e. The summed E-state index contributed by atoms with van der Waals surface area (Å²) in [5.41, 5.74) is -0.0773. The zero-order valence-corrected chi connectivity index (χ0v) is 16.3. The molecule has 2 aliphatic heterocycles. The van der Waals surface area contributed by atoms with Crippen LogP contribution in [0.1, 0.15) is 38.7 Å². The molecule has 2 aliphatic rings. The molecule has 1 atom stereocenters. The Morgan fingerprint density at radius 2 is 1.86 bits per heavy atom. The Morgan fingerprint density at radius 1 is 1.21 bits per heavy atom. The normalized spacial score (nSPS) is 24.1. The Kier molecular flexibility index (Phi) is 6.17. The van der Waals surface area contributed by atoms with Gasteiger partial charge in [-0.05, 0) is 56.2 Å². The van der Waals surface area contributed by atoms with Crippen LogP contribution >= 0.6 is 0 Å². The molecule has 3 amide bonds. The number of carbonyl (C=O) groups excluding carboxylic acids is 2. The van der Waals surface area contributed by atoms with E-state index < -0.39 is 12.2 Å². The summed E-state index contributed by atoms with van der Waals surface area (Å²) in [6.07, 6.45) is 3.12. The van der Waals surface area contributed by atoms with Gasteiger partial charge in [0.25, 0.3) is 5.91 Å². The van der Waals surface area contributed by atoms with Gasteiger partial charge in [-0.15, -0.1) is 0 Å². The number of nitrogens with one attached hydrogen (secondary N) is 1. The fourth-order valence-corrected chi connectivity index (χ4v) is 3.68. The number of hydrogen-bond acceptors (Lipinski definition) is 4. The van der Waals surface area contributed by atoms with Gasteiger partial charge >= 0.3 is 12.6 Å². The van der Waals surface area contributed by atoms with Gasteiger partial charge in [-0.2, -0.15) is 8.78 Å². The van der Waals surface area contributed by atoms with Crippen molar-refractivity contribution in [1.82, 2.24) is 15.1 Å². The van der Waals surface area contributed by atoms with Gasteiger partial charge < -0.3 is 10.1 Å². The highest BCUT2D eigenvalue weighted by Gasteiger charge is 2.47. The number of likely N-dealkylation sites (tertiary alicyclic amines) is 1. The Bertz CT molecular complexity index is 705. The number of halogens is 2. The van der Waals surface area contributed by atoms with Gasteiger partial charge in [-0.1, -0.05) is 19.1 Å². The molecule has 0 radical (unpaired) electrons. The average molecular weight is 395 g/mol. The zero-order valence-electron chi connectivity index (χ0n) is 16.3. The number of rotatable bonds is 7. The highest BCUT2D eigenvalue weighted by molar-refractivity contribution is 6.06. The van der Waals surface area contributed by atoms with E-state index in [1.807, 2.05) is 0 Å². The smallest absolute Gasteiger partial charge is 0.387 e. The van der Waals surface area contributed by atoms with Crippen molar-refractivity contribution in [2.75, 3.05) is 19.8 Å². The van der Waals surface area contributed by atoms with Gasteiger partial charge in [0.05, 0.1) is 6.67 Å². The first-order valence-electron chi connectivity index (χ1n) is 9.67. The predicted molar refractivity (Wildman–Crippen MR) is 100 cm³/mol. The second-order valence-electron chi connectivity index (χ2n) is 7.96. The van der Waals surface area contributed by atoms with Crippen molar-refractivity contribution in [1.29, 1.82) is 0 Å². The topological polar surface area (TPSA) is 61.9 Å². The molecule has 0 spiro atoms. The molecule has 154 valence electrons. The Hall–Kier alpha value is -2.22. The lowest BCUT2D eigenvalue weighted by atomic mass is 9.93. The summed E-state index contributed by atoms with van der Waals surface area (Å²) < 4.78 is 28.8. The average Bonchev–Trinajstić information content (AvgIpc) is 2.86. The fourth-order valence-electron chi connectivity index (χ4n) is 3.68. The summed E-state index contributed by atoms with van der Waals surface area (Å²) in [5.74, 6) is 0.563. The molecular weight excluding hydrogens is 368 g/mol. The van der Waals surface area contributed by atoms with E-state index in [1.165, 1.54) is 17.0 Å². The maximum atomic E-state index is 12.9. The van der Waals surface area contributed by atoms with Crippen LogP contribution in [0.2, 0.25) is 0 Å². The van der Waals surface area contributed by atoms with E-state index in [1.54, 1.807) is 19.1 Å². The molecule has 6 nitrogen and oxygen atoms in total.